The monoisotopic (exact) mass is 387 g/mol. The van der Waals surface area contributed by atoms with E-state index in [9.17, 15) is 13.2 Å². The Kier molecular flexibility index (Phi) is 8.32. The molecular weight excluding hydrogens is 358 g/mol. The molecule has 0 heterocycles. The zero-order valence-corrected chi connectivity index (χ0v) is 16.6. The first-order chi connectivity index (χ1) is 12.3. The lowest BCUT2D eigenvalue weighted by Crippen LogP contribution is -2.53. The summed E-state index contributed by atoms with van der Waals surface area (Å²) in [4.78, 5) is 12.1. The van der Waals surface area contributed by atoms with E-state index in [4.69, 9.17) is 15.2 Å². The maximum absolute atomic E-state index is 12.4. The maximum Gasteiger partial charge on any atom is 0.240 e. The maximum atomic E-state index is 12.4. The summed E-state index contributed by atoms with van der Waals surface area (Å²) < 4.78 is 37.4. The van der Waals surface area contributed by atoms with Gasteiger partial charge in [-0.05, 0) is 25.0 Å². The third-order valence-corrected chi connectivity index (χ3v) is 5.92. The van der Waals surface area contributed by atoms with E-state index in [0.29, 0.717) is 30.9 Å². The first kappa shape index (κ1) is 22.2. The molecule has 0 atom stereocenters. The van der Waals surface area contributed by atoms with Crippen LogP contribution < -0.4 is 25.2 Å². The van der Waals surface area contributed by atoms with Crippen molar-refractivity contribution in [2.75, 3.05) is 27.3 Å². The van der Waals surface area contributed by atoms with E-state index in [1.54, 1.807) is 0 Å². The zero-order valence-electron chi connectivity index (χ0n) is 15.8. The van der Waals surface area contributed by atoms with Crippen LogP contribution in [0.1, 0.15) is 33.1 Å². The van der Waals surface area contributed by atoms with Crippen molar-refractivity contribution in [3.05, 3.63) is 18.2 Å². The van der Waals surface area contributed by atoms with Gasteiger partial charge >= 0.3 is 0 Å². The van der Waals surface area contributed by atoms with Gasteiger partial charge in [0.05, 0.1) is 24.7 Å². The topological polar surface area (TPSA) is 120 Å². The van der Waals surface area contributed by atoms with Crippen molar-refractivity contribution < 1.29 is 22.7 Å². The second-order valence-electron chi connectivity index (χ2n) is 5.90. The number of nitrogens with one attached hydrogen (secondary N) is 2. The SMILES string of the molecule is CCC(CC)(CN)NC(=O)CCNS(=O)(=O)c1ccc(OC)c(OC)c1. The van der Waals surface area contributed by atoms with Crippen LogP contribution in [0.2, 0.25) is 0 Å². The van der Waals surface area contributed by atoms with Crippen molar-refractivity contribution in [3.63, 3.8) is 0 Å². The Labute approximate surface area is 155 Å². The van der Waals surface area contributed by atoms with E-state index in [1.165, 1.54) is 32.4 Å². The number of ether oxygens (including phenoxy) is 2. The van der Waals surface area contributed by atoms with Crippen molar-refractivity contribution in [2.24, 2.45) is 5.73 Å². The minimum atomic E-state index is -3.76. The normalized spacial score (nSPS) is 11.9. The van der Waals surface area contributed by atoms with E-state index in [2.05, 4.69) is 10.0 Å². The van der Waals surface area contributed by atoms with Crippen molar-refractivity contribution in [1.82, 2.24) is 10.0 Å². The number of methoxy groups -OCH3 is 2. The largest absolute Gasteiger partial charge is 0.493 e. The molecule has 0 aliphatic carbocycles. The summed E-state index contributed by atoms with van der Waals surface area (Å²) in [6, 6.07) is 4.30. The van der Waals surface area contributed by atoms with Crippen LogP contribution in [0.3, 0.4) is 0 Å². The van der Waals surface area contributed by atoms with Crippen molar-refractivity contribution >= 4 is 15.9 Å². The fourth-order valence-electron chi connectivity index (χ4n) is 2.49. The molecule has 4 N–H and O–H groups in total. The van der Waals surface area contributed by atoms with Gasteiger partial charge in [-0.3, -0.25) is 4.79 Å². The van der Waals surface area contributed by atoms with Gasteiger partial charge in [0.15, 0.2) is 11.5 Å². The van der Waals surface area contributed by atoms with Gasteiger partial charge in [-0.25, -0.2) is 13.1 Å². The second-order valence-corrected chi connectivity index (χ2v) is 7.67. The highest BCUT2D eigenvalue weighted by Crippen LogP contribution is 2.29. The number of benzene rings is 1. The lowest BCUT2D eigenvalue weighted by molar-refractivity contribution is -0.122. The Morgan fingerprint density at radius 1 is 1.15 bits per heavy atom. The molecule has 1 aromatic rings. The summed E-state index contributed by atoms with van der Waals surface area (Å²) in [5, 5.41) is 2.90. The van der Waals surface area contributed by atoms with Crippen LogP contribution in [-0.4, -0.2) is 47.2 Å². The first-order valence-electron chi connectivity index (χ1n) is 8.50. The highest BCUT2D eigenvalue weighted by Gasteiger charge is 2.26. The van der Waals surface area contributed by atoms with Crippen molar-refractivity contribution in [2.45, 2.75) is 43.5 Å². The van der Waals surface area contributed by atoms with Crippen molar-refractivity contribution in [1.29, 1.82) is 0 Å². The smallest absolute Gasteiger partial charge is 0.240 e. The minimum absolute atomic E-state index is 0.0173. The third-order valence-electron chi connectivity index (χ3n) is 4.46. The molecule has 8 nitrogen and oxygen atoms in total. The molecule has 0 saturated heterocycles. The molecule has 9 heteroatoms. The number of hydrogen-bond donors (Lipinski definition) is 3. The molecule has 0 aliphatic rings. The van der Waals surface area contributed by atoms with Crippen molar-refractivity contribution in [3.8, 4) is 11.5 Å². The Morgan fingerprint density at radius 2 is 1.77 bits per heavy atom. The van der Waals surface area contributed by atoms with E-state index in [-0.39, 0.29) is 23.8 Å². The van der Waals surface area contributed by atoms with E-state index in [1.807, 2.05) is 13.8 Å². The molecule has 0 bridgehead atoms. The van der Waals surface area contributed by atoms with Gasteiger partial charge in [-0.1, -0.05) is 13.8 Å². The van der Waals surface area contributed by atoms with E-state index >= 15 is 0 Å². The highest BCUT2D eigenvalue weighted by atomic mass is 32.2. The molecule has 1 aromatic carbocycles. The molecule has 148 valence electrons. The van der Waals surface area contributed by atoms with Crippen LogP contribution in [0.5, 0.6) is 11.5 Å². The summed E-state index contributed by atoms with van der Waals surface area (Å²) in [7, 11) is -0.867. The second kappa shape index (κ2) is 9.75. The number of amides is 1. The highest BCUT2D eigenvalue weighted by molar-refractivity contribution is 7.89. The minimum Gasteiger partial charge on any atom is -0.493 e. The average Bonchev–Trinajstić information content (AvgIpc) is 2.65. The fraction of sp³-hybridized carbons (Fsp3) is 0.588. The number of sulfonamides is 1. The number of carbonyl (C=O) groups excluding carboxylic acids is 1. The predicted octanol–water partition coefficient (Wildman–Crippen LogP) is 1.01. The molecule has 0 unspecified atom stereocenters. The molecule has 1 rings (SSSR count). The van der Waals surface area contributed by atoms with Crippen LogP contribution in [0.15, 0.2) is 23.1 Å². The summed E-state index contributed by atoms with van der Waals surface area (Å²) in [5.41, 5.74) is 5.31. The molecule has 0 radical (unpaired) electrons. The molecule has 26 heavy (non-hydrogen) atoms. The van der Waals surface area contributed by atoms with Gasteiger partial charge in [-0.2, -0.15) is 0 Å². The number of rotatable bonds is 11. The molecule has 0 aromatic heterocycles. The van der Waals surface area contributed by atoms with Gasteiger partial charge in [0.25, 0.3) is 0 Å². The molecule has 0 fully saturated rings. The van der Waals surface area contributed by atoms with Gasteiger partial charge < -0.3 is 20.5 Å². The standard InChI is InChI=1S/C17H29N3O5S/c1-5-17(6-2,12-18)20-16(21)9-10-19-26(22,23)13-7-8-14(24-3)15(11-13)25-4/h7-8,11,19H,5-6,9-10,12,18H2,1-4H3,(H,20,21). The summed E-state index contributed by atoms with van der Waals surface area (Å²) in [6.45, 7) is 4.23. The van der Waals surface area contributed by atoms with Crippen LogP contribution in [0.4, 0.5) is 0 Å². The molecular formula is C17H29N3O5S. The lowest BCUT2D eigenvalue weighted by atomic mass is 9.93. The van der Waals surface area contributed by atoms with Gasteiger partial charge in [0, 0.05) is 25.6 Å². The molecule has 0 spiro atoms. The molecule has 0 saturated carbocycles. The van der Waals surface area contributed by atoms with Crippen LogP contribution >= 0.6 is 0 Å². The average molecular weight is 388 g/mol. The third kappa shape index (κ3) is 5.58. The first-order valence-corrected chi connectivity index (χ1v) is 9.98. The van der Waals surface area contributed by atoms with Crippen LogP contribution in [-0.2, 0) is 14.8 Å². The van der Waals surface area contributed by atoms with E-state index < -0.39 is 15.6 Å². The predicted molar refractivity (Wildman–Crippen MR) is 99.9 cm³/mol. The Morgan fingerprint density at radius 3 is 2.27 bits per heavy atom. The quantitative estimate of drug-likeness (QED) is 0.521. The number of nitrogens with two attached hydrogens (primary N) is 1. The van der Waals surface area contributed by atoms with Crippen LogP contribution in [0, 0.1) is 0 Å². The molecule has 0 aliphatic heterocycles. The summed E-state index contributed by atoms with van der Waals surface area (Å²) in [6.07, 6.45) is 1.44. The summed E-state index contributed by atoms with van der Waals surface area (Å²) in [5.74, 6) is 0.504. The zero-order chi connectivity index (χ0) is 19.8. The lowest BCUT2D eigenvalue weighted by Gasteiger charge is -2.31. The fourth-order valence-corrected chi connectivity index (χ4v) is 3.54. The Hall–Kier alpha value is -1.84. The van der Waals surface area contributed by atoms with Gasteiger partial charge in [0.2, 0.25) is 15.9 Å². The Bertz CT molecular complexity index is 694. The number of hydrogen-bond acceptors (Lipinski definition) is 6. The van der Waals surface area contributed by atoms with Gasteiger partial charge in [-0.15, -0.1) is 0 Å². The van der Waals surface area contributed by atoms with Gasteiger partial charge in [0.1, 0.15) is 0 Å². The molecule has 1 amide bonds. The van der Waals surface area contributed by atoms with E-state index in [0.717, 1.165) is 0 Å². The number of carbonyl (C=O) groups is 1. The van der Waals surface area contributed by atoms with Crippen LogP contribution in [0.25, 0.3) is 0 Å². The Balaban J connectivity index is 2.70. The summed E-state index contributed by atoms with van der Waals surface area (Å²) >= 11 is 0.